The number of nitrogens with zero attached hydrogens (tertiary/aromatic N) is 2. The first-order chi connectivity index (χ1) is 7.74. The van der Waals surface area contributed by atoms with Crippen LogP contribution >= 0.6 is 0 Å². The zero-order chi connectivity index (χ0) is 11.4. The van der Waals surface area contributed by atoms with Gasteiger partial charge in [0.15, 0.2) is 0 Å². The fraction of sp³-hybridized carbons (Fsp3) is 1.00. The molecule has 0 spiro atoms. The van der Waals surface area contributed by atoms with Crippen molar-refractivity contribution < 1.29 is 4.74 Å². The number of hydrogen-bond donors (Lipinski definition) is 0. The third-order valence-electron chi connectivity index (χ3n) is 3.61. The molecular weight excluding hydrogens is 200 g/mol. The van der Waals surface area contributed by atoms with Crippen molar-refractivity contribution in [2.75, 3.05) is 52.5 Å². The van der Waals surface area contributed by atoms with E-state index in [1.54, 1.807) is 0 Å². The minimum atomic E-state index is 0.808. The Hall–Kier alpha value is -0.120. The molecule has 3 heteroatoms. The molecule has 2 rings (SSSR count). The summed E-state index contributed by atoms with van der Waals surface area (Å²) in [6.07, 6.45) is 1.39. The largest absolute Gasteiger partial charge is 0.379 e. The second-order valence-corrected chi connectivity index (χ2v) is 5.72. The van der Waals surface area contributed by atoms with Crippen LogP contribution < -0.4 is 0 Å². The number of hydrogen-bond acceptors (Lipinski definition) is 3. The zero-order valence-corrected chi connectivity index (χ0v) is 10.8. The van der Waals surface area contributed by atoms with E-state index in [0.29, 0.717) is 0 Å². The maximum absolute atomic E-state index is 5.39. The first-order valence-corrected chi connectivity index (χ1v) is 6.76. The van der Waals surface area contributed by atoms with Crippen LogP contribution in [0.4, 0.5) is 0 Å². The number of morpholine rings is 1. The summed E-state index contributed by atoms with van der Waals surface area (Å²) in [5, 5.41) is 0. The molecule has 0 radical (unpaired) electrons. The average molecular weight is 226 g/mol. The smallest absolute Gasteiger partial charge is 0.0594 e. The topological polar surface area (TPSA) is 15.7 Å². The van der Waals surface area contributed by atoms with Crippen LogP contribution in [0.2, 0.25) is 0 Å². The van der Waals surface area contributed by atoms with Crippen molar-refractivity contribution in [1.29, 1.82) is 0 Å². The Kier molecular flexibility index (Phi) is 4.62. The second kappa shape index (κ2) is 5.99. The highest BCUT2D eigenvalue weighted by molar-refractivity contribution is 4.79. The summed E-state index contributed by atoms with van der Waals surface area (Å²) >= 11 is 0. The lowest BCUT2D eigenvalue weighted by molar-refractivity contribution is 0.0311. The van der Waals surface area contributed by atoms with Crippen molar-refractivity contribution in [2.45, 2.75) is 20.3 Å². The first kappa shape index (κ1) is 12.3. The molecule has 0 N–H and O–H groups in total. The molecule has 2 fully saturated rings. The molecule has 0 aliphatic carbocycles. The van der Waals surface area contributed by atoms with Crippen LogP contribution in [-0.2, 0) is 4.74 Å². The van der Waals surface area contributed by atoms with Gasteiger partial charge in [-0.2, -0.15) is 0 Å². The number of likely N-dealkylation sites (tertiary alicyclic amines) is 1. The van der Waals surface area contributed by atoms with Crippen molar-refractivity contribution in [3.05, 3.63) is 0 Å². The lowest BCUT2D eigenvalue weighted by Crippen LogP contribution is -2.40. The van der Waals surface area contributed by atoms with E-state index in [-0.39, 0.29) is 0 Å². The van der Waals surface area contributed by atoms with Crippen LogP contribution in [-0.4, -0.2) is 62.3 Å². The van der Waals surface area contributed by atoms with E-state index in [2.05, 4.69) is 23.6 Å². The first-order valence-electron chi connectivity index (χ1n) is 6.76. The second-order valence-electron chi connectivity index (χ2n) is 5.72. The molecule has 94 valence electrons. The maximum atomic E-state index is 5.39. The van der Waals surface area contributed by atoms with Crippen LogP contribution in [0, 0.1) is 11.8 Å². The molecule has 0 unspecified atom stereocenters. The van der Waals surface area contributed by atoms with E-state index in [0.717, 1.165) is 38.1 Å². The van der Waals surface area contributed by atoms with Crippen molar-refractivity contribution in [1.82, 2.24) is 9.80 Å². The van der Waals surface area contributed by atoms with E-state index >= 15 is 0 Å². The average Bonchev–Trinajstić information content (AvgIpc) is 2.66. The molecule has 0 aromatic carbocycles. The predicted molar refractivity (Wildman–Crippen MR) is 66.6 cm³/mol. The number of ether oxygens (including phenoxy) is 1. The van der Waals surface area contributed by atoms with Gasteiger partial charge in [0, 0.05) is 32.7 Å². The van der Waals surface area contributed by atoms with Gasteiger partial charge in [0.25, 0.3) is 0 Å². The highest BCUT2D eigenvalue weighted by atomic mass is 16.5. The minimum absolute atomic E-state index is 0.808. The van der Waals surface area contributed by atoms with E-state index < -0.39 is 0 Å². The van der Waals surface area contributed by atoms with Crippen molar-refractivity contribution in [3.8, 4) is 0 Å². The van der Waals surface area contributed by atoms with Crippen LogP contribution in [0.15, 0.2) is 0 Å². The Bertz CT molecular complexity index is 202. The summed E-state index contributed by atoms with van der Waals surface area (Å²) in [4.78, 5) is 5.21. The summed E-state index contributed by atoms with van der Waals surface area (Å²) in [5.74, 6) is 1.71. The SMILES string of the molecule is CC(C)CN1CC[C@H](CN2CCOCC2)C1. The Labute approximate surface area is 99.7 Å². The lowest BCUT2D eigenvalue weighted by Gasteiger charge is -2.29. The van der Waals surface area contributed by atoms with E-state index in [1.807, 2.05) is 0 Å². The van der Waals surface area contributed by atoms with Gasteiger partial charge in [-0.1, -0.05) is 13.8 Å². The fourth-order valence-corrected chi connectivity index (χ4v) is 2.89. The van der Waals surface area contributed by atoms with Gasteiger partial charge in [-0.15, -0.1) is 0 Å². The van der Waals surface area contributed by atoms with Crippen molar-refractivity contribution in [3.63, 3.8) is 0 Å². The van der Waals surface area contributed by atoms with Gasteiger partial charge in [0.2, 0.25) is 0 Å². The molecule has 0 aromatic heterocycles. The standard InChI is InChI=1S/C13H26N2O/c1-12(2)9-15-4-3-13(11-15)10-14-5-7-16-8-6-14/h12-13H,3-11H2,1-2H3/t13-/m1/s1. The van der Waals surface area contributed by atoms with Crippen molar-refractivity contribution >= 4 is 0 Å². The summed E-state index contributed by atoms with van der Waals surface area (Å²) in [6, 6.07) is 0. The fourth-order valence-electron chi connectivity index (χ4n) is 2.89. The van der Waals surface area contributed by atoms with Gasteiger partial charge >= 0.3 is 0 Å². The van der Waals surface area contributed by atoms with Gasteiger partial charge < -0.3 is 9.64 Å². The predicted octanol–water partition coefficient (Wildman–Crippen LogP) is 1.30. The third-order valence-corrected chi connectivity index (χ3v) is 3.61. The quantitative estimate of drug-likeness (QED) is 0.718. The summed E-state index contributed by atoms with van der Waals surface area (Å²) < 4.78 is 5.39. The van der Waals surface area contributed by atoms with E-state index in [9.17, 15) is 0 Å². The molecule has 0 amide bonds. The number of rotatable bonds is 4. The van der Waals surface area contributed by atoms with Gasteiger partial charge in [-0.05, 0) is 24.8 Å². The molecule has 2 aliphatic heterocycles. The highest BCUT2D eigenvalue weighted by Gasteiger charge is 2.25. The molecule has 0 saturated carbocycles. The molecular formula is C13H26N2O. The summed E-state index contributed by atoms with van der Waals surface area (Å²) in [6.45, 7) is 14.0. The van der Waals surface area contributed by atoms with E-state index in [1.165, 1.54) is 32.6 Å². The Morgan fingerprint density at radius 3 is 2.56 bits per heavy atom. The van der Waals surface area contributed by atoms with Gasteiger partial charge in [-0.3, -0.25) is 4.90 Å². The lowest BCUT2D eigenvalue weighted by atomic mass is 10.1. The normalized spacial score (nSPS) is 29.1. The van der Waals surface area contributed by atoms with Crippen LogP contribution in [0.5, 0.6) is 0 Å². The Morgan fingerprint density at radius 2 is 1.88 bits per heavy atom. The van der Waals surface area contributed by atoms with Crippen LogP contribution in [0.3, 0.4) is 0 Å². The van der Waals surface area contributed by atoms with Gasteiger partial charge in [0.1, 0.15) is 0 Å². The molecule has 16 heavy (non-hydrogen) atoms. The molecule has 2 aliphatic rings. The molecule has 3 nitrogen and oxygen atoms in total. The highest BCUT2D eigenvalue weighted by Crippen LogP contribution is 2.18. The van der Waals surface area contributed by atoms with Crippen LogP contribution in [0.1, 0.15) is 20.3 Å². The van der Waals surface area contributed by atoms with Crippen LogP contribution in [0.25, 0.3) is 0 Å². The zero-order valence-electron chi connectivity index (χ0n) is 10.8. The molecule has 0 aromatic rings. The Balaban J connectivity index is 1.67. The Morgan fingerprint density at radius 1 is 1.12 bits per heavy atom. The van der Waals surface area contributed by atoms with Gasteiger partial charge in [-0.25, -0.2) is 0 Å². The molecule has 1 atom stereocenters. The molecule has 2 saturated heterocycles. The monoisotopic (exact) mass is 226 g/mol. The minimum Gasteiger partial charge on any atom is -0.379 e. The van der Waals surface area contributed by atoms with Gasteiger partial charge in [0.05, 0.1) is 13.2 Å². The van der Waals surface area contributed by atoms with Crippen molar-refractivity contribution in [2.24, 2.45) is 11.8 Å². The summed E-state index contributed by atoms with van der Waals surface area (Å²) in [7, 11) is 0. The molecule has 2 heterocycles. The van der Waals surface area contributed by atoms with E-state index in [4.69, 9.17) is 4.74 Å². The third kappa shape index (κ3) is 3.72. The summed E-state index contributed by atoms with van der Waals surface area (Å²) in [5.41, 5.74) is 0. The molecule has 0 bridgehead atoms. The maximum Gasteiger partial charge on any atom is 0.0594 e.